The molecule has 0 saturated heterocycles. The van der Waals surface area contributed by atoms with Gasteiger partial charge in [0, 0.05) is 11.9 Å². The second kappa shape index (κ2) is 3.01. The van der Waals surface area contributed by atoms with E-state index in [0.717, 1.165) is 11.1 Å². The highest BCUT2D eigenvalue weighted by Gasteiger charge is 1.94. The number of rotatable bonds is 2. The van der Waals surface area contributed by atoms with Gasteiger partial charge < -0.3 is 11.1 Å². The molecule has 1 aromatic rings. The minimum Gasteiger partial charge on any atom is -0.399 e. The Morgan fingerprint density at radius 3 is 2.64 bits per heavy atom. The number of anilines is 1. The van der Waals surface area contributed by atoms with Gasteiger partial charge in [-0.3, -0.25) is 0 Å². The van der Waals surface area contributed by atoms with Gasteiger partial charge in [-0.1, -0.05) is 18.7 Å². The van der Waals surface area contributed by atoms with E-state index < -0.39 is 0 Å². The van der Waals surface area contributed by atoms with Crippen molar-refractivity contribution in [3.8, 4) is 0 Å². The first-order chi connectivity index (χ1) is 5.27. The number of hydrogen-bond acceptors (Lipinski definition) is 2. The first-order valence-corrected chi connectivity index (χ1v) is 3.30. The number of nitrogens with two attached hydrogens (primary N) is 1. The summed E-state index contributed by atoms with van der Waals surface area (Å²) >= 11 is 0. The van der Waals surface area contributed by atoms with Crippen molar-refractivity contribution in [1.29, 1.82) is 5.41 Å². The van der Waals surface area contributed by atoms with Crippen LogP contribution in [0.5, 0.6) is 0 Å². The van der Waals surface area contributed by atoms with E-state index in [1.54, 1.807) is 24.3 Å². The van der Waals surface area contributed by atoms with E-state index >= 15 is 0 Å². The van der Waals surface area contributed by atoms with Crippen molar-refractivity contribution < 1.29 is 0 Å². The lowest BCUT2D eigenvalue weighted by atomic mass is 10.1. The van der Waals surface area contributed by atoms with Crippen molar-refractivity contribution in [3.63, 3.8) is 0 Å². The van der Waals surface area contributed by atoms with Crippen molar-refractivity contribution in [1.82, 2.24) is 0 Å². The normalized spacial score (nSPS) is 9.09. The van der Waals surface area contributed by atoms with E-state index in [4.69, 9.17) is 11.1 Å². The summed E-state index contributed by atoms with van der Waals surface area (Å²) in [5.41, 5.74) is 7.98. The Morgan fingerprint density at radius 2 is 2.09 bits per heavy atom. The second-order valence-electron chi connectivity index (χ2n) is 2.24. The highest BCUT2D eigenvalue weighted by molar-refractivity contribution is 5.84. The lowest BCUT2D eigenvalue weighted by Gasteiger charge is -1.99. The minimum absolute atomic E-state index is 0.700. The summed E-state index contributed by atoms with van der Waals surface area (Å²) in [5.74, 6) is 0. The van der Waals surface area contributed by atoms with Gasteiger partial charge in [-0.25, -0.2) is 0 Å². The predicted octanol–water partition coefficient (Wildman–Crippen LogP) is 1.91. The van der Waals surface area contributed by atoms with Crippen LogP contribution in [0.4, 0.5) is 5.69 Å². The predicted molar refractivity (Wildman–Crippen MR) is 48.8 cm³/mol. The molecule has 2 heteroatoms. The molecule has 0 atom stereocenters. The van der Waals surface area contributed by atoms with Crippen LogP contribution in [0.3, 0.4) is 0 Å². The van der Waals surface area contributed by atoms with Crippen LogP contribution in [0, 0.1) is 5.41 Å². The van der Waals surface area contributed by atoms with Crippen molar-refractivity contribution >= 4 is 18.0 Å². The fourth-order valence-corrected chi connectivity index (χ4v) is 0.901. The third-order valence-electron chi connectivity index (χ3n) is 1.49. The minimum atomic E-state index is 0.700. The third-order valence-corrected chi connectivity index (χ3v) is 1.49. The van der Waals surface area contributed by atoms with Crippen LogP contribution in [0.2, 0.25) is 0 Å². The summed E-state index contributed by atoms with van der Waals surface area (Å²) in [7, 11) is 0. The Hall–Kier alpha value is -1.57. The maximum atomic E-state index is 7.04. The van der Waals surface area contributed by atoms with Gasteiger partial charge in [0.05, 0.1) is 0 Å². The maximum Gasteiger partial charge on any atom is 0.0320 e. The zero-order valence-corrected chi connectivity index (χ0v) is 6.17. The van der Waals surface area contributed by atoms with Crippen LogP contribution in [0.15, 0.2) is 24.8 Å². The second-order valence-corrected chi connectivity index (χ2v) is 2.24. The quantitative estimate of drug-likeness (QED) is 0.486. The fourth-order valence-electron chi connectivity index (χ4n) is 0.901. The molecule has 0 aromatic heterocycles. The topological polar surface area (TPSA) is 49.9 Å². The summed E-state index contributed by atoms with van der Waals surface area (Å²) in [5, 5.41) is 7.04. The van der Waals surface area contributed by atoms with Crippen LogP contribution >= 0.6 is 0 Å². The standard InChI is InChI=1S/C9H10N2/c1-2-7-5-9(11)4-3-8(7)6-10/h2-6,10H,1,11H2. The van der Waals surface area contributed by atoms with Gasteiger partial charge in [-0.15, -0.1) is 0 Å². The van der Waals surface area contributed by atoms with Gasteiger partial charge in [0.1, 0.15) is 0 Å². The number of hydrogen-bond donors (Lipinski definition) is 2. The Morgan fingerprint density at radius 1 is 1.36 bits per heavy atom. The highest BCUT2D eigenvalue weighted by atomic mass is 14.5. The Labute approximate surface area is 65.9 Å². The smallest absolute Gasteiger partial charge is 0.0320 e. The van der Waals surface area contributed by atoms with Crippen LogP contribution < -0.4 is 5.73 Å². The molecular weight excluding hydrogens is 136 g/mol. The van der Waals surface area contributed by atoms with Gasteiger partial charge >= 0.3 is 0 Å². The van der Waals surface area contributed by atoms with Crippen molar-refractivity contribution in [2.75, 3.05) is 5.73 Å². The van der Waals surface area contributed by atoms with E-state index in [-0.39, 0.29) is 0 Å². The Bertz CT molecular complexity index is 290. The number of nitrogen functional groups attached to an aromatic ring is 1. The van der Waals surface area contributed by atoms with Crippen LogP contribution in [0.1, 0.15) is 11.1 Å². The number of nitrogens with one attached hydrogen (secondary N) is 1. The van der Waals surface area contributed by atoms with Gasteiger partial charge in [-0.2, -0.15) is 0 Å². The fraction of sp³-hybridized carbons (Fsp3) is 0. The van der Waals surface area contributed by atoms with E-state index in [2.05, 4.69) is 6.58 Å². The molecule has 1 aromatic carbocycles. The summed E-state index contributed by atoms with van der Waals surface area (Å²) in [6.45, 7) is 3.62. The molecule has 0 saturated carbocycles. The molecule has 0 fully saturated rings. The molecule has 0 aliphatic rings. The monoisotopic (exact) mass is 146 g/mol. The van der Waals surface area contributed by atoms with Gasteiger partial charge in [0.25, 0.3) is 0 Å². The van der Waals surface area contributed by atoms with E-state index in [1.165, 1.54) is 6.21 Å². The molecule has 0 amide bonds. The largest absolute Gasteiger partial charge is 0.399 e. The zero-order valence-electron chi connectivity index (χ0n) is 6.17. The summed E-state index contributed by atoms with van der Waals surface area (Å²) in [4.78, 5) is 0. The van der Waals surface area contributed by atoms with Crippen LogP contribution in [-0.4, -0.2) is 6.21 Å². The molecule has 2 nitrogen and oxygen atoms in total. The lowest BCUT2D eigenvalue weighted by molar-refractivity contribution is 1.52. The molecule has 0 bridgehead atoms. The molecule has 1 rings (SSSR count). The molecule has 56 valence electrons. The van der Waals surface area contributed by atoms with Crippen LogP contribution in [-0.2, 0) is 0 Å². The lowest BCUT2D eigenvalue weighted by Crippen LogP contribution is -1.89. The molecule has 0 heterocycles. The summed E-state index contributed by atoms with van der Waals surface area (Å²) < 4.78 is 0. The van der Waals surface area contributed by atoms with E-state index in [9.17, 15) is 0 Å². The molecular formula is C9H10N2. The molecule has 0 radical (unpaired) electrons. The van der Waals surface area contributed by atoms with Crippen molar-refractivity contribution in [2.45, 2.75) is 0 Å². The third kappa shape index (κ3) is 1.46. The average Bonchev–Trinajstić information content (AvgIpc) is 2.04. The zero-order chi connectivity index (χ0) is 8.27. The first kappa shape index (κ1) is 7.54. The first-order valence-electron chi connectivity index (χ1n) is 3.30. The van der Waals surface area contributed by atoms with E-state index in [0.29, 0.717) is 5.69 Å². The number of benzene rings is 1. The van der Waals surface area contributed by atoms with Gasteiger partial charge in [0.2, 0.25) is 0 Å². The maximum absolute atomic E-state index is 7.04. The Kier molecular flexibility index (Phi) is 2.06. The van der Waals surface area contributed by atoms with Gasteiger partial charge in [0.15, 0.2) is 0 Å². The van der Waals surface area contributed by atoms with Crippen LogP contribution in [0.25, 0.3) is 6.08 Å². The van der Waals surface area contributed by atoms with Crippen molar-refractivity contribution in [3.05, 3.63) is 35.9 Å². The molecule has 0 spiro atoms. The summed E-state index contributed by atoms with van der Waals surface area (Å²) in [6.07, 6.45) is 2.98. The van der Waals surface area contributed by atoms with Crippen molar-refractivity contribution in [2.24, 2.45) is 0 Å². The molecule has 0 unspecified atom stereocenters. The van der Waals surface area contributed by atoms with Gasteiger partial charge in [-0.05, 0) is 23.3 Å². The molecule has 0 aliphatic carbocycles. The Balaban J connectivity index is 3.26. The highest BCUT2D eigenvalue weighted by Crippen LogP contribution is 2.12. The molecule has 3 N–H and O–H groups in total. The molecule has 11 heavy (non-hydrogen) atoms. The average molecular weight is 146 g/mol. The van der Waals surface area contributed by atoms with E-state index in [1.807, 2.05) is 0 Å². The molecule has 0 aliphatic heterocycles. The SMILES string of the molecule is C=Cc1cc(N)ccc1C=N. The summed E-state index contributed by atoms with van der Waals surface area (Å²) in [6, 6.07) is 5.38.